The van der Waals surface area contributed by atoms with Gasteiger partial charge in [-0.2, -0.15) is 0 Å². The Morgan fingerprint density at radius 1 is 0.863 bits per heavy atom. The number of aliphatic hydroxyl groups is 1. The molecule has 0 radical (unpaired) electrons. The van der Waals surface area contributed by atoms with Crippen molar-refractivity contribution in [3.8, 4) is 0 Å². The van der Waals surface area contributed by atoms with Gasteiger partial charge in [-0.3, -0.25) is 24.0 Å². The Morgan fingerprint density at radius 2 is 1.51 bits per heavy atom. The normalized spacial score (nSPS) is 29.7. The first kappa shape index (κ1) is 41.4. The molecule has 0 aliphatic carbocycles. The molecule has 2 fully saturated rings. The second-order valence-corrected chi connectivity index (χ2v) is 15.2. The van der Waals surface area contributed by atoms with Crippen LogP contribution in [0.25, 0.3) is 0 Å². The highest BCUT2D eigenvalue weighted by Gasteiger charge is 2.43. The Labute approximate surface area is 302 Å². The van der Waals surface area contributed by atoms with Crippen molar-refractivity contribution in [2.45, 2.75) is 130 Å². The molecule has 3 rings (SSSR count). The lowest BCUT2D eigenvalue weighted by molar-refractivity contribution is -0.162. The minimum atomic E-state index is -1.35. The number of benzene rings is 1. The zero-order valence-electron chi connectivity index (χ0n) is 31.6. The molecule has 2 saturated heterocycles. The number of carbonyl (C=O) groups is 6. The average molecular weight is 715 g/mol. The van der Waals surface area contributed by atoms with Gasteiger partial charge in [0.1, 0.15) is 24.2 Å². The number of rotatable bonds is 6. The molecule has 0 unspecified atom stereocenters. The molecule has 8 atom stereocenters. The molecule has 1 aromatic carbocycles. The second kappa shape index (κ2) is 18.5. The van der Waals surface area contributed by atoms with E-state index in [-0.39, 0.29) is 31.2 Å². The maximum atomic E-state index is 14.2. The minimum Gasteiger partial charge on any atom is -0.460 e. The summed E-state index contributed by atoms with van der Waals surface area (Å²) in [4.78, 5) is 85.3. The van der Waals surface area contributed by atoms with Crippen LogP contribution in [-0.4, -0.2) is 107 Å². The summed E-state index contributed by atoms with van der Waals surface area (Å²) in [5.74, 6) is -5.27. The van der Waals surface area contributed by atoms with Crippen molar-refractivity contribution in [1.29, 1.82) is 0 Å². The van der Waals surface area contributed by atoms with Gasteiger partial charge in [-0.05, 0) is 49.5 Å². The predicted octanol–water partition coefficient (Wildman–Crippen LogP) is 2.62. The van der Waals surface area contributed by atoms with Crippen LogP contribution in [0.4, 0.5) is 0 Å². The molecule has 51 heavy (non-hydrogen) atoms. The molecular formula is C38H58N4O9. The van der Waals surface area contributed by atoms with E-state index in [4.69, 9.17) is 9.47 Å². The molecule has 0 aromatic heterocycles. The molecule has 4 amide bonds. The summed E-state index contributed by atoms with van der Waals surface area (Å²) in [6.45, 7) is 14.2. The molecule has 13 nitrogen and oxygen atoms in total. The van der Waals surface area contributed by atoms with Gasteiger partial charge in [0, 0.05) is 20.0 Å². The summed E-state index contributed by atoms with van der Waals surface area (Å²) < 4.78 is 11.5. The lowest BCUT2D eigenvalue weighted by Gasteiger charge is -2.35. The smallest absolute Gasteiger partial charge is 0.329 e. The Kier molecular flexibility index (Phi) is 15.0. The van der Waals surface area contributed by atoms with E-state index in [1.54, 1.807) is 41.5 Å². The van der Waals surface area contributed by atoms with Crippen LogP contribution in [0, 0.1) is 23.7 Å². The van der Waals surface area contributed by atoms with Crippen LogP contribution >= 0.6 is 0 Å². The highest BCUT2D eigenvalue weighted by Crippen LogP contribution is 2.25. The zero-order chi connectivity index (χ0) is 38.2. The summed E-state index contributed by atoms with van der Waals surface area (Å²) in [7, 11) is 1.51. The standard InChI is InChI=1S/C38H58N4O9/c1-21(2)18-27-36(47)42-17-13-16-28(42)37(48)41(9)29(19-26-14-11-10-12-15-26)38(49)50-25(8)24(7)34(45)40-32(22(3)4)30(43)20-31(44)51-33(23(5)6)35(46)39-27/h10-12,14-15,21-25,27-30,32-33,43H,13,16-20H2,1-9H3,(H,39,46)(H,40,45)/t24-,25+,27-,28-,29-,30-,32+,33-/m0/s1. The zero-order valence-corrected chi connectivity index (χ0v) is 31.6. The monoisotopic (exact) mass is 714 g/mol. The fourth-order valence-corrected chi connectivity index (χ4v) is 6.60. The van der Waals surface area contributed by atoms with E-state index in [2.05, 4.69) is 10.6 Å². The summed E-state index contributed by atoms with van der Waals surface area (Å²) in [6.07, 6.45) is -2.73. The number of carbonyl (C=O) groups excluding carboxylic acids is 6. The van der Waals surface area contributed by atoms with Gasteiger partial charge < -0.3 is 35.0 Å². The molecule has 2 heterocycles. The van der Waals surface area contributed by atoms with E-state index in [9.17, 15) is 33.9 Å². The summed E-state index contributed by atoms with van der Waals surface area (Å²) in [6, 6.07) is 5.34. The Bertz CT molecular complexity index is 1380. The number of aliphatic hydroxyl groups excluding tert-OH is 1. The highest BCUT2D eigenvalue weighted by molar-refractivity contribution is 5.95. The number of fused-ring (bicyclic) bond motifs is 1. The molecule has 2 aliphatic rings. The third-order valence-electron chi connectivity index (χ3n) is 9.86. The van der Waals surface area contributed by atoms with Gasteiger partial charge in [0.05, 0.1) is 24.5 Å². The maximum Gasteiger partial charge on any atom is 0.329 e. The topological polar surface area (TPSA) is 172 Å². The van der Waals surface area contributed by atoms with Crippen molar-refractivity contribution in [1.82, 2.24) is 20.4 Å². The van der Waals surface area contributed by atoms with Crippen LogP contribution < -0.4 is 10.6 Å². The van der Waals surface area contributed by atoms with Crippen LogP contribution in [0.15, 0.2) is 30.3 Å². The van der Waals surface area contributed by atoms with Crippen LogP contribution in [0.1, 0.15) is 86.6 Å². The summed E-state index contributed by atoms with van der Waals surface area (Å²) in [5, 5.41) is 16.7. The second-order valence-electron chi connectivity index (χ2n) is 15.2. The van der Waals surface area contributed by atoms with Crippen molar-refractivity contribution >= 4 is 35.6 Å². The van der Waals surface area contributed by atoms with Crippen molar-refractivity contribution in [3.05, 3.63) is 35.9 Å². The number of nitrogens with zero attached hydrogens (tertiary/aromatic N) is 2. The lowest BCUT2D eigenvalue weighted by atomic mass is 9.94. The lowest BCUT2D eigenvalue weighted by Crippen LogP contribution is -2.57. The first-order valence-corrected chi connectivity index (χ1v) is 18.2. The van der Waals surface area contributed by atoms with Crippen LogP contribution in [-0.2, 0) is 44.7 Å². The summed E-state index contributed by atoms with van der Waals surface area (Å²) >= 11 is 0. The van der Waals surface area contributed by atoms with E-state index >= 15 is 0 Å². The van der Waals surface area contributed by atoms with Crippen LogP contribution in [0.5, 0.6) is 0 Å². The molecule has 284 valence electrons. The molecule has 2 aliphatic heterocycles. The number of cyclic esters (lactones) is 2. The Balaban J connectivity index is 2.07. The van der Waals surface area contributed by atoms with Crippen LogP contribution in [0.2, 0.25) is 0 Å². The van der Waals surface area contributed by atoms with E-state index < -0.39 is 96.3 Å². The minimum absolute atomic E-state index is 0.0130. The molecule has 1 aromatic rings. The first-order chi connectivity index (χ1) is 23.9. The maximum absolute atomic E-state index is 14.2. The van der Waals surface area contributed by atoms with E-state index in [1.807, 2.05) is 44.2 Å². The predicted molar refractivity (Wildman–Crippen MR) is 190 cm³/mol. The van der Waals surface area contributed by atoms with Crippen molar-refractivity contribution in [3.63, 3.8) is 0 Å². The van der Waals surface area contributed by atoms with Gasteiger partial charge in [-0.25, -0.2) is 4.79 Å². The Hall–Kier alpha value is -4.00. The van der Waals surface area contributed by atoms with Gasteiger partial charge in [-0.15, -0.1) is 0 Å². The number of ether oxygens (including phenoxy) is 2. The molecule has 0 bridgehead atoms. The van der Waals surface area contributed by atoms with Gasteiger partial charge in [0.15, 0.2) is 6.10 Å². The molecule has 13 heteroatoms. The van der Waals surface area contributed by atoms with Crippen molar-refractivity contribution in [2.75, 3.05) is 13.6 Å². The van der Waals surface area contributed by atoms with E-state index in [1.165, 1.54) is 16.8 Å². The van der Waals surface area contributed by atoms with Crippen molar-refractivity contribution < 1.29 is 43.3 Å². The van der Waals surface area contributed by atoms with Gasteiger partial charge in [0.2, 0.25) is 17.7 Å². The number of likely N-dealkylation sites (N-methyl/N-ethyl adjacent to an activating group) is 1. The number of amides is 4. The Morgan fingerprint density at radius 3 is 2.10 bits per heavy atom. The summed E-state index contributed by atoms with van der Waals surface area (Å²) in [5.41, 5.74) is 0.785. The van der Waals surface area contributed by atoms with E-state index in [0.717, 1.165) is 5.56 Å². The molecule has 0 saturated carbocycles. The first-order valence-electron chi connectivity index (χ1n) is 18.2. The number of hydrogen-bond acceptors (Lipinski definition) is 9. The van der Waals surface area contributed by atoms with E-state index in [0.29, 0.717) is 12.8 Å². The SMILES string of the molecule is CC(C)C[C@@H]1NC(=O)[C@H](C(C)C)OC(=O)C[C@H](O)[C@@H](C(C)C)NC(=O)[C@@H](C)[C@@H](C)OC(=O)[C@H](Cc2ccccc2)N(C)C(=O)[C@@H]2CCCN2C1=O. The van der Waals surface area contributed by atoms with Gasteiger partial charge >= 0.3 is 11.9 Å². The molecular weight excluding hydrogens is 656 g/mol. The number of hydrogen-bond donors (Lipinski definition) is 3. The molecule has 3 N–H and O–H groups in total. The fourth-order valence-electron chi connectivity index (χ4n) is 6.60. The number of nitrogens with one attached hydrogen (secondary N) is 2. The largest absolute Gasteiger partial charge is 0.460 e. The third-order valence-corrected chi connectivity index (χ3v) is 9.86. The highest BCUT2D eigenvalue weighted by atomic mass is 16.6. The van der Waals surface area contributed by atoms with Crippen LogP contribution in [0.3, 0.4) is 0 Å². The molecule has 0 spiro atoms. The van der Waals surface area contributed by atoms with Gasteiger partial charge in [0.25, 0.3) is 5.91 Å². The fraction of sp³-hybridized carbons (Fsp3) is 0.684. The average Bonchev–Trinajstić information content (AvgIpc) is 3.56. The third kappa shape index (κ3) is 11.0. The van der Waals surface area contributed by atoms with Crippen molar-refractivity contribution in [2.24, 2.45) is 23.7 Å². The number of esters is 2. The van der Waals surface area contributed by atoms with Gasteiger partial charge in [-0.1, -0.05) is 78.8 Å². The quantitative estimate of drug-likeness (QED) is 0.375.